The molecule has 1 heterocycles. The number of nitrogens with zero attached hydrogens (tertiary/aromatic N) is 1. The van der Waals surface area contributed by atoms with Crippen molar-refractivity contribution in [2.45, 2.75) is 18.9 Å². The average molecular weight is 419 g/mol. The van der Waals surface area contributed by atoms with Gasteiger partial charge < -0.3 is 14.9 Å². The van der Waals surface area contributed by atoms with Crippen LogP contribution in [0, 0.1) is 0 Å². The Bertz CT molecular complexity index is 1040. The maximum absolute atomic E-state index is 11.5. The molecule has 0 amide bonds. The Morgan fingerprint density at radius 2 is 1.84 bits per heavy atom. The minimum atomic E-state index is -1.28. The van der Waals surface area contributed by atoms with Crippen molar-refractivity contribution in [3.63, 3.8) is 0 Å². The molecule has 1 aliphatic heterocycles. The van der Waals surface area contributed by atoms with E-state index in [0.29, 0.717) is 19.7 Å². The zero-order valence-corrected chi connectivity index (χ0v) is 17.2. The van der Waals surface area contributed by atoms with Crippen LogP contribution in [0.3, 0.4) is 0 Å². The van der Waals surface area contributed by atoms with Crippen LogP contribution in [0.1, 0.15) is 17.5 Å². The molecule has 0 radical (unpaired) electrons. The minimum Gasteiger partial charge on any atom is -0.478 e. The molecule has 2 N–H and O–H groups in total. The van der Waals surface area contributed by atoms with E-state index in [-0.39, 0.29) is 5.57 Å². The second-order valence-corrected chi connectivity index (χ2v) is 7.78. The topological polar surface area (TPSA) is 87.1 Å². The van der Waals surface area contributed by atoms with E-state index in [1.54, 1.807) is 0 Å². The average Bonchev–Trinajstić information content (AvgIpc) is 3.20. The summed E-state index contributed by atoms with van der Waals surface area (Å²) in [5.74, 6) is -2.53. The van der Waals surface area contributed by atoms with Crippen molar-refractivity contribution in [3.05, 3.63) is 77.4 Å². The first-order chi connectivity index (χ1) is 15.0. The third-order valence-corrected chi connectivity index (χ3v) is 5.88. The number of hydrogen-bond acceptors (Lipinski definition) is 4. The highest BCUT2D eigenvalue weighted by Crippen LogP contribution is 2.36. The van der Waals surface area contributed by atoms with Gasteiger partial charge in [0.15, 0.2) is 0 Å². The number of rotatable bonds is 7. The summed E-state index contributed by atoms with van der Waals surface area (Å²) in [5, 5.41) is 18.3. The predicted molar refractivity (Wildman–Crippen MR) is 118 cm³/mol. The SMILES string of the molecule is O=C(O)C=C(C(=O)O)C1CN(CCC2=CCc3c2cccc3-c2ccccc2)CCO1. The third kappa shape index (κ3) is 4.76. The lowest BCUT2D eigenvalue weighted by Gasteiger charge is -2.33. The summed E-state index contributed by atoms with van der Waals surface area (Å²) in [4.78, 5) is 24.6. The number of ether oxygens (including phenoxy) is 1. The molecule has 160 valence electrons. The van der Waals surface area contributed by atoms with Gasteiger partial charge in [0.25, 0.3) is 0 Å². The highest BCUT2D eigenvalue weighted by atomic mass is 16.5. The maximum atomic E-state index is 11.5. The zero-order chi connectivity index (χ0) is 21.8. The van der Waals surface area contributed by atoms with E-state index in [0.717, 1.165) is 25.5 Å². The second kappa shape index (κ2) is 9.29. The number of morpholine rings is 1. The number of carboxylic acid groups (broad SMARTS) is 2. The summed E-state index contributed by atoms with van der Waals surface area (Å²) in [7, 11) is 0. The lowest BCUT2D eigenvalue weighted by atomic mass is 9.94. The van der Waals surface area contributed by atoms with Gasteiger partial charge in [0.05, 0.1) is 12.2 Å². The predicted octanol–water partition coefficient (Wildman–Crippen LogP) is 3.48. The molecule has 0 saturated carbocycles. The van der Waals surface area contributed by atoms with Gasteiger partial charge in [-0.25, -0.2) is 9.59 Å². The minimum absolute atomic E-state index is 0.213. The van der Waals surface area contributed by atoms with Gasteiger partial charge in [0.2, 0.25) is 0 Å². The Labute approximate surface area is 181 Å². The van der Waals surface area contributed by atoms with E-state index in [2.05, 4.69) is 53.4 Å². The van der Waals surface area contributed by atoms with Crippen molar-refractivity contribution >= 4 is 17.5 Å². The van der Waals surface area contributed by atoms with E-state index >= 15 is 0 Å². The van der Waals surface area contributed by atoms with Crippen molar-refractivity contribution in [1.29, 1.82) is 0 Å². The number of carbonyl (C=O) groups is 2. The van der Waals surface area contributed by atoms with Gasteiger partial charge in [0, 0.05) is 25.7 Å². The van der Waals surface area contributed by atoms with Gasteiger partial charge >= 0.3 is 11.9 Å². The van der Waals surface area contributed by atoms with Gasteiger partial charge in [-0.15, -0.1) is 0 Å². The number of carboxylic acids is 2. The lowest BCUT2D eigenvalue weighted by molar-refractivity contribution is -0.137. The van der Waals surface area contributed by atoms with Crippen LogP contribution < -0.4 is 0 Å². The van der Waals surface area contributed by atoms with Crippen molar-refractivity contribution in [3.8, 4) is 11.1 Å². The van der Waals surface area contributed by atoms with Crippen LogP contribution in [-0.4, -0.2) is 59.4 Å². The summed E-state index contributed by atoms with van der Waals surface area (Å²) >= 11 is 0. The van der Waals surface area contributed by atoms with E-state index in [1.165, 1.54) is 27.8 Å². The molecule has 6 nitrogen and oxygen atoms in total. The number of fused-ring (bicyclic) bond motifs is 1. The van der Waals surface area contributed by atoms with Crippen LogP contribution in [0.5, 0.6) is 0 Å². The Hall–Kier alpha value is -3.22. The van der Waals surface area contributed by atoms with Gasteiger partial charge in [-0.3, -0.25) is 4.90 Å². The Kier molecular flexibility index (Phi) is 6.30. The summed E-state index contributed by atoms with van der Waals surface area (Å²) in [6.45, 7) is 2.21. The van der Waals surface area contributed by atoms with Crippen molar-refractivity contribution < 1.29 is 24.5 Å². The number of aliphatic carboxylic acids is 2. The second-order valence-electron chi connectivity index (χ2n) is 7.78. The largest absolute Gasteiger partial charge is 0.478 e. The monoisotopic (exact) mass is 419 g/mol. The smallest absolute Gasteiger partial charge is 0.334 e. The molecular weight excluding hydrogens is 394 g/mol. The molecule has 1 fully saturated rings. The van der Waals surface area contributed by atoms with Gasteiger partial charge in [0.1, 0.15) is 6.10 Å². The molecule has 1 aliphatic carbocycles. The molecule has 2 aliphatic rings. The Balaban J connectivity index is 1.43. The summed E-state index contributed by atoms with van der Waals surface area (Å²) in [6, 6.07) is 16.8. The van der Waals surface area contributed by atoms with Gasteiger partial charge in [-0.05, 0) is 40.7 Å². The van der Waals surface area contributed by atoms with Crippen LogP contribution in [0.25, 0.3) is 16.7 Å². The van der Waals surface area contributed by atoms with E-state index in [9.17, 15) is 14.7 Å². The molecule has 4 rings (SSSR count). The Morgan fingerprint density at radius 3 is 2.58 bits per heavy atom. The maximum Gasteiger partial charge on any atom is 0.334 e. The summed E-state index contributed by atoms with van der Waals surface area (Å²) in [5.41, 5.74) is 6.20. The van der Waals surface area contributed by atoms with E-state index in [4.69, 9.17) is 9.84 Å². The first-order valence-corrected chi connectivity index (χ1v) is 10.4. The van der Waals surface area contributed by atoms with Crippen molar-refractivity contribution in [1.82, 2.24) is 4.90 Å². The van der Waals surface area contributed by atoms with Crippen LogP contribution >= 0.6 is 0 Å². The van der Waals surface area contributed by atoms with Crippen LogP contribution in [0.2, 0.25) is 0 Å². The summed E-state index contributed by atoms with van der Waals surface area (Å²) < 4.78 is 5.56. The number of benzene rings is 2. The molecular formula is C25H25NO5. The van der Waals surface area contributed by atoms with Gasteiger partial charge in [-0.1, -0.05) is 54.6 Å². The number of hydrogen-bond donors (Lipinski definition) is 2. The normalized spacial score (nSPS) is 19.0. The fourth-order valence-corrected chi connectivity index (χ4v) is 4.37. The molecule has 0 aromatic heterocycles. The number of allylic oxidation sites excluding steroid dienone is 1. The molecule has 6 heteroatoms. The molecule has 0 bridgehead atoms. The van der Waals surface area contributed by atoms with Gasteiger partial charge in [-0.2, -0.15) is 0 Å². The molecule has 1 atom stereocenters. The highest BCUT2D eigenvalue weighted by Gasteiger charge is 2.28. The molecule has 1 unspecified atom stereocenters. The fourth-order valence-electron chi connectivity index (χ4n) is 4.37. The third-order valence-electron chi connectivity index (χ3n) is 5.88. The van der Waals surface area contributed by atoms with Crippen LogP contribution in [0.4, 0.5) is 0 Å². The molecule has 1 saturated heterocycles. The van der Waals surface area contributed by atoms with E-state index < -0.39 is 18.0 Å². The molecule has 2 aromatic rings. The fraction of sp³-hybridized carbons (Fsp3) is 0.280. The highest BCUT2D eigenvalue weighted by molar-refractivity contribution is 5.95. The van der Waals surface area contributed by atoms with Crippen molar-refractivity contribution in [2.24, 2.45) is 0 Å². The quantitative estimate of drug-likeness (QED) is 0.668. The summed E-state index contributed by atoms with van der Waals surface area (Å²) in [6.07, 6.45) is 4.03. The first-order valence-electron chi connectivity index (χ1n) is 10.4. The van der Waals surface area contributed by atoms with Crippen LogP contribution in [0.15, 0.2) is 66.3 Å². The van der Waals surface area contributed by atoms with Crippen molar-refractivity contribution in [2.75, 3.05) is 26.2 Å². The Morgan fingerprint density at radius 1 is 1.06 bits per heavy atom. The van der Waals surface area contributed by atoms with E-state index in [1.807, 2.05) is 6.07 Å². The standard InChI is InChI=1S/C25H25NO5/c27-24(28)15-22(25(29)30)23-16-26(13-14-31-23)12-11-18-9-10-21-19(7-4-8-20(18)21)17-5-2-1-3-6-17/h1-9,15,23H,10-14,16H2,(H,27,28)(H,29,30). The van der Waals surface area contributed by atoms with Crippen LogP contribution in [-0.2, 0) is 20.7 Å². The molecule has 0 spiro atoms. The lowest BCUT2D eigenvalue weighted by Crippen LogP contribution is -2.44. The molecule has 2 aromatic carbocycles. The first kappa shape index (κ1) is 21.0. The molecule has 31 heavy (non-hydrogen) atoms. The zero-order valence-electron chi connectivity index (χ0n) is 17.2.